The molecule has 2 aromatic carbocycles. The SMILES string of the molecule is C(=N/N=C(/C(=N/N=C/c1cnc[nH]1)c1ccccc1)c1ccccc1)\c1cnc[nH]1. The van der Waals surface area contributed by atoms with E-state index in [9.17, 15) is 0 Å². The molecule has 8 nitrogen and oxygen atoms in total. The van der Waals surface area contributed by atoms with Gasteiger partial charge in [0.1, 0.15) is 11.4 Å². The summed E-state index contributed by atoms with van der Waals surface area (Å²) >= 11 is 0. The summed E-state index contributed by atoms with van der Waals surface area (Å²) in [5, 5.41) is 17.4. The quantitative estimate of drug-likeness (QED) is 0.370. The number of nitrogens with one attached hydrogen (secondary N) is 2. The molecule has 0 atom stereocenters. The molecule has 0 spiro atoms. The first kappa shape index (κ1) is 18.9. The fraction of sp³-hybridized carbons (Fsp3) is 0. The van der Waals surface area contributed by atoms with Gasteiger partial charge in [0.25, 0.3) is 0 Å². The third kappa shape index (κ3) is 4.87. The molecule has 4 rings (SSSR count). The van der Waals surface area contributed by atoms with Crippen LogP contribution in [-0.4, -0.2) is 43.8 Å². The van der Waals surface area contributed by atoms with Crippen LogP contribution in [0.3, 0.4) is 0 Å². The monoisotopic (exact) mass is 394 g/mol. The minimum absolute atomic E-state index is 0.597. The molecule has 0 saturated carbocycles. The van der Waals surface area contributed by atoms with Crippen LogP contribution in [0.1, 0.15) is 22.5 Å². The number of H-pyrrole nitrogens is 2. The van der Waals surface area contributed by atoms with Gasteiger partial charge in [-0.25, -0.2) is 9.97 Å². The molecular weight excluding hydrogens is 376 g/mol. The Hall–Kier alpha value is -4.46. The van der Waals surface area contributed by atoms with E-state index in [0.717, 1.165) is 22.5 Å². The third-order valence-corrected chi connectivity index (χ3v) is 4.07. The molecule has 0 radical (unpaired) electrons. The molecule has 0 saturated heterocycles. The van der Waals surface area contributed by atoms with Gasteiger partial charge in [-0.15, -0.1) is 10.2 Å². The number of benzene rings is 2. The van der Waals surface area contributed by atoms with Crippen LogP contribution in [0.25, 0.3) is 0 Å². The molecule has 146 valence electrons. The maximum Gasteiger partial charge on any atom is 0.121 e. The number of nitrogens with zero attached hydrogens (tertiary/aromatic N) is 6. The summed E-state index contributed by atoms with van der Waals surface area (Å²) in [6, 6.07) is 19.5. The molecule has 30 heavy (non-hydrogen) atoms. The molecule has 2 aromatic heterocycles. The van der Waals surface area contributed by atoms with Gasteiger partial charge in [0, 0.05) is 11.1 Å². The zero-order valence-corrected chi connectivity index (χ0v) is 15.9. The largest absolute Gasteiger partial charge is 0.344 e. The fourth-order valence-electron chi connectivity index (χ4n) is 2.65. The van der Waals surface area contributed by atoms with Crippen LogP contribution in [0.5, 0.6) is 0 Å². The van der Waals surface area contributed by atoms with E-state index in [1.54, 1.807) is 37.5 Å². The van der Waals surface area contributed by atoms with Crippen molar-refractivity contribution in [2.24, 2.45) is 20.4 Å². The third-order valence-electron chi connectivity index (χ3n) is 4.07. The summed E-state index contributed by atoms with van der Waals surface area (Å²) in [5.41, 5.74) is 4.44. The summed E-state index contributed by atoms with van der Waals surface area (Å²) in [5.74, 6) is 0. The maximum absolute atomic E-state index is 4.47. The van der Waals surface area contributed by atoms with Crippen molar-refractivity contribution in [1.82, 2.24) is 19.9 Å². The predicted molar refractivity (Wildman–Crippen MR) is 118 cm³/mol. The molecule has 0 fully saturated rings. The molecule has 4 aromatic rings. The highest BCUT2D eigenvalue weighted by atomic mass is 15.2. The number of hydrogen-bond donors (Lipinski definition) is 2. The highest BCUT2D eigenvalue weighted by Crippen LogP contribution is 2.11. The molecule has 2 N–H and O–H groups in total. The molecule has 0 bridgehead atoms. The van der Waals surface area contributed by atoms with Gasteiger partial charge in [-0.3, -0.25) is 0 Å². The van der Waals surface area contributed by atoms with Gasteiger partial charge >= 0.3 is 0 Å². The first-order valence-corrected chi connectivity index (χ1v) is 9.20. The van der Waals surface area contributed by atoms with Gasteiger partial charge in [0.15, 0.2) is 0 Å². The molecular formula is C22H18N8. The number of hydrogen-bond acceptors (Lipinski definition) is 6. The Balaban J connectivity index is 1.78. The van der Waals surface area contributed by atoms with Crippen molar-refractivity contribution in [2.75, 3.05) is 0 Å². The number of aromatic amines is 2. The summed E-state index contributed by atoms with van der Waals surface area (Å²) in [4.78, 5) is 13.9. The smallest absolute Gasteiger partial charge is 0.121 e. The lowest BCUT2D eigenvalue weighted by molar-refractivity contribution is 1.22. The maximum atomic E-state index is 4.47. The van der Waals surface area contributed by atoms with Crippen LogP contribution in [0.2, 0.25) is 0 Å². The lowest BCUT2D eigenvalue weighted by Crippen LogP contribution is -2.17. The predicted octanol–water partition coefficient (Wildman–Crippen LogP) is 3.48. The first-order chi connectivity index (χ1) is 14.9. The highest BCUT2D eigenvalue weighted by Gasteiger charge is 2.14. The van der Waals surface area contributed by atoms with Crippen molar-refractivity contribution in [2.45, 2.75) is 0 Å². The first-order valence-electron chi connectivity index (χ1n) is 9.20. The Morgan fingerprint density at radius 1 is 0.633 bits per heavy atom. The molecule has 2 heterocycles. The summed E-state index contributed by atoms with van der Waals surface area (Å²) in [6.07, 6.45) is 9.72. The molecule has 0 aliphatic heterocycles. The lowest BCUT2D eigenvalue weighted by atomic mass is 10.00. The zero-order chi connectivity index (χ0) is 20.4. The lowest BCUT2D eigenvalue weighted by Gasteiger charge is -2.08. The van der Waals surface area contributed by atoms with Gasteiger partial charge in [-0.1, -0.05) is 60.7 Å². The van der Waals surface area contributed by atoms with Crippen molar-refractivity contribution in [3.63, 3.8) is 0 Å². The molecule has 0 amide bonds. The minimum Gasteiger partial charge on any atom is -0.344 e. The average Bonchev–Trinajstić information content (AvgIpc) is 3.51. The van der Waals surface area contributed by atoms with Crippen LogP contribution in [0.4, 0.5) is 0 Å². The van der Waals surface area contributed by atoms with Crippen LogP contribution >= 0.6 is 0 Å². The second kappa shape index (κ2) is 9.65. The van der Waals surface area contributed by atoms with Gasteiger partial charge in [-0.05, 0) is 0 Å². The van der Waals surface area contributed by atoms with E-state index < -0.39 is 0 Å². The minimum atomic E-state index is 0.597. The van der Waals surface area contributed by atoms with Crippen molar-refractivity contribution in [3.8, 4) is 0 Å². The van der Waals surface area contributed by atoms with E-state index in [0.29, 0.717) is 11.4 Å². The van der Waals surface area contributed by atoms with Crippen molar-refractivity contribution < 1.29 is 0 Å². The Kier molecular flexibility index (Phi) is 6.07. The Morgan fingerprint density at radius 3 is 1.43 bits per heavy atom. The van der Waals surface area contributed by atoms with Gasteiger partial charge in [-0.2, -0.15) is 10.2 Å². The normalized spacial score (nSPS) is 12.8. The van der Waals surface area contributed by atoms with Gasteiger partial charge < -0.3 is 9.97 Å². The van der Waals surface area contributed by atoms with E-state index >= 15 is 0 Å². The van der Waals surface area contributed by atoms with E-state index in [4.69, 9.17) is 0 Å². The standard InChI is InChI=1S/C22H18N8/c1-3-7-17(8-4-1)21(29-27-13-19-11-23-15-25-19)22(18-9-5-2-6-10-18)30-28-14-20-12-24-16-26-20/h1-16H,(H,23,25)(H,24,26)/b27-13+,28-14+,29-21+,30-22+. The van der Waals surface area contributed by atoms with Crippen molar-refractivity contribution >= 4 is 23.9 Å². The summed E-state index contributed by atoms with van der Waals surface area (Å²) < 4.78 is 0. The van der Waals surface area contributed by atoms with E-state index in [2.05, 4.69) is 40.3 Å². The van der Waals surface area contributed by atoms with E-state index in [-0.39, 0.29) is 0 Å². The number of imidazole rings is 2. The molecule has 8 heteroatoms. The van der Waals surface area contributed by atoms with Crippen LogP contribution < -0.4 is 0 Å². The number of aromatic nitrogens is 4. The second-order valence-corrected chi connectivity index (χ2v) is 6.13. The fourth-order valence-corrected chi connectivity index (χ4v) is 2.65. The van der Waals surface area contributed by atoms with Crippen LogP contribution in [0, 0.1) is 0 Å². The molecule has 0 aliphatic rings. The number of rotatable bonds is 7. The Labute approximate surface area is 172 Å². The topological polar surface area (TPSA) is 107 Å². The Bertz CT molecular complexity index is 1060. The summed E-state index contributed by atoms with van der Waals surface area (Å²) in [6.45, 7) is 0. The van der Waals surface area contributed by atoms with Crippen LogP contribution in [-0.2, 0) is 0 Å². The Morgan fingerprint density at radius 2 is 1.07 bits per heavy atom. The summed E-state index contributed by atoms with van der Waals surface area (Å²) in [7, 11) is 0. The highest BCUT2D eigenvalue weighted by molar-refractivity contribution is 6.53. The van der Waals surface area contributed by atoms with E-state index in [1.165, 1.54) is 0 Å². The van der Waals surface area contributed by atoms with Crippen LogP contribution in [0.15, 0.2) is 106 Å². The zero-order valence-electron chi connectivity index (χ0n) is 15.9. The van der Waals surface area contributed by atoms with Gasteiger partial charge in [0.05, 0.1) is 48.9 Å². The molecule has 0 aliphatic carbocycles. The van der Waals surface area contributed by atoms with Gasteiger partial charge in [0.2, 0.25) is 0 Å². The second-order valence-electron chi connectivity index (χ2n) is 6.13. The van der Waals surface area contributed by atoms with Crippen molar-refractivity contribution in [3.05, 3.63) is 108 Å². The van der Waals surface area contributed by atoms with E-state index in [1.807, 2.05) is 60.7 Å². The molecule has 0 unspecified atom stereocenters. The average molecular weight is 394 g/mol. The van der Waals surface area contributed by atoms with Crippen molar-refractivity contribution in [1.29, 1.82) is 0 Å².